The number of halogens is 4. The van der Waals surface area contributed by atoms with E-state index in [0.717, 1.165) is 0 Å². The fraction of sp³-hybridized carbons (Fsp3) is 0.364. The summed E-state index contributed by atoms with van der Waals surface area (Å²) in [5.41, 5.74) is -0.230. The summed E-state index contributed by atoms with van der Waals surface area (Å²) in [6.45, 7) is 3.47. The van der Waals surface area contributed by atoms with E-state index in [9.17, 15) is 4.79 Å². The maximum atomic E-state index is 10.8. The molecule has 0 heterocycles. The molecule has 0 aromatic heterocycles. The normalized spacial score (nSPS) is 11.6. The summed E-state index contributed by atoms with van der Waals surface area (Å²) in [5, 5.41) is 9.82. The summed E-state index contributed by atoms with van der Waals surface area (Å²) in [4.78, 5) is 10.8. The second-order valence-corrected chi connectivity index (χ2v) is 5.87. The third-order valence-electron chi connectivity index (χ3n) is 2.38. The standard InChI is InChI=1S/C11H10Cl4O2/c1-11(2,4-7(16)17)8-5(12)3-6(13)9(14)10(8)15/h3H,4H2,1-2H3,(H,16,17). The van der Waals surface area contributed by atoms with E-state index in [1.54, 1.807) is 13.8 Å². The predicted octanol–water partition coefficient (Wildman–Crippen LogP) is 5.05. The van der Waals surface area contributed by atoms with Crippen LogP contribution in [0.25, 0.3) is 0 Å². The molecule has 2 nitrogen and oxygen atoms in total. The first-order chi connectivity index (χ1) is 7.66. The molecule has 1 N–H and O–H groups in total. The van der Waals surface area contributed by atoms with Gasteiger partial charge in [-0.3, -0.25) is 4.79 Å². The van der Waals surface area contributed by atoms with Crippen LogP contribution >= 0.6 is 46.4 Å². The molecule has 0 unspecified atom stereocenters. The van der Waals surface area contributed by atoms with Crippen LogP contribution in [0.2, 0.25) is 20.1 Å². The Morgan fingerprint density at radius 3 is 2.18 bits per heavy atom. The highest BCUT2D eigenvalue weighted by Crippen LogP contribution is 2.44. The Balaban J connectivity index is 3.40. The Kier molecular flexibility index (Phi) is 4.59. The highest BCUT2D eigenvalue weighted by atomic mass is 35.5. The fourth-order valence-electron chi connectivity index (χ4n) is 1.65. The van der Waals surface area contributed by atoms with Gasteiger partial charge in [0.25, 0.3) is 0 Å². The van der Waals surface area contributed by atoms with Crippen LogP contribution in [0.1, 0.15) is 25.8 Å². The van der Waals surface area contributed by atoms with Crippen molar-refractivity contribution in [3.8, 4) is 0 Å². The van der Waals surface area contributed by atoms with Gasteiger partial charge in [0.2, 0.25) is 0 Å². The van der Waals surface area contributed by atoms with Crippen LogP contribution in [0.4, 0.5) is 0 Å². The number of aliphatic carboxylic acids is 1. The fourth-order valence-corrected chi connectivity index (χ4v) is 3.08. The first-order valence-electron chi connectivity index (χ1n) is 4.72. The van der Waals surface area contributed by atoms with E-state index in [1.165, 1.54) is 6.07 Å². The summed E-state index contributed by atoms with van der Waals surface area (Å²) >= 11 is 23.9. The molecule has 0 spiro atoms. The van der Waals surface area contributed by atoms with Gasteiger partial charge < -0.3 is 5.11 Å². The van der Waals surface area contributed by atoms with Crippen LogP contribution in [0.3, 0.4) is 0 Å². The lowest BCUT2D eigenvalue weighted by atomic mass is 9.81. The molecule has 0 saturated carbocycles. The molecule has 1 aromatic rings. The molecule has 94 valence electrons. The summed E-state index contributed by atoms with van der Waals surface area (Å²) in [5.74, 6) is -0.937. The molecule has 0 fully saturated rings. The minimum absolute atomic E-state index is 0.107. The van der Waals surface area contributed by atoms with Gasteiger partial charge in [-0.1, -0.05) is 60.3 Å². The van der Waals surface area contributed by atoms with Crippen molar-refractivity contribution in [2.24, 2.45) is 0 Å². The second-order valence-electron chi connectivity index (χ2n) is 4.30. The largest absolute Gasteiger partial charge is 0.481 e. The van der Waals surface area contributed by atoms with Crippen molar-refractivity contribution in [2.45, 2.75) is 25.7 Å². The molecule has 0 bridgehead atoms. The van der Waals surface area contributed by atoms with Crippen molar-refractivity contribution >= 4 is 52.4 Å². The Morgan fingerprint density at radius 1 is 1.18 bits per heavy atom. The van der Waals surface area contributed by atoms with Crippen molar-refractivity contribution in [2.75, 3.05) is 0 Å². The number of benzene rings is 1. The Morgan fingerprint density at radius 2 is 1.71 bits per heavy atom. The first kappa shape index (κ1) is 14.9. The van der Waals surface area contributed by atoms with Crippen LogP contribution in [0, 0.1) is 0 Å². The van der Waals surface area contributed by atoms with Gasteiger partial charge in [-0.2, -0.15) is 0 Å². The minimum atomic E-state index is -0.937. The molecule has 0 aliphatic carbocycles. The third-order valence-corrected chi connectivity index (χ3v) is 3.94. The Bertz CT molecular complexity index is 469. The highest BCUT2D eigenvalue weighted by Gasteiger charge is 2.30. The molecule has 6 heteroatoms. The predicted molar refractivity (Wildman–Crippen MR) is 71.8 cm³/mol. The number of hydrogen-bond donors (Lipinski definition) is 1. The molecular weight excluding hydrogens is 306 g/mol. The molecule has 17 heavy (non-hydrogen) atoms. The molecule has 0 atom stereocenters. The lowest BCUT2D eigenvalue weighted by molar-refractivity contribution is -0.138. The van der Waals surface area contributed by atoms with Crippen LogP contribution in [0.5, 0.6) is 0 Å². The molecule has 1 aromatic carbocycles. The summed E-state index contributed by atoms with van der Waals surface area (Å²) in [7, 11) is 0. The SMILES string of the molecule is CC(C)(CC(=O)O)c1c(Cl)cc(Cl)c(Cl)c1Cl. The van der Waals surface area contributed by atoms with Crippen molar-refractivity contribution < 1.29 is 9.90 Å². The van der Waals surface area contributed by atoms with E-state index in [0.29, 0.717) is 10.6 Å². The van der Waals surface area contributed by atoms with E-state index < -0.39 is 11.4 Å². The zero-order chi connectivity index (χ0) is 13.4. The third kappa shape index (κ3) is 3.19. The lowest BCUT2D eigenvalue weighted by Crippen LogP contribution is -2.22. The van der Waals surface area contributed by atoms with Gasteiger partial charge in [0, 0.05) is 10.4 Å². The van der Waals surface area contributed by atoms with Gasteiger partial charge in [0.05, 0.1) is 21.5 Å². The monoisotopic (exact) mass is 314 g/mol. The van der Waals surface area contributed by atoms with E-state index in [1.807, 2.05) is 0 Å². The zero-order valence-electron chi connectivity index (χ0n) is 9.15. The maximum absolute atomic E-state index is 10.8. The Hall–Kier alpha value is -0.150. The summed E-state index contributed by atoms with van der Waals surface area (Å²) < 4.78 is 0. The van der Waals surface area contributed by atoms with Crippen LogP contribution in [0.15, 0.2) is 6.07 Å². The Labute approximate surface area is 119 Å². The average molecular weight is 316 g/mol. The van der Waals surface area contributed by atoms with E-state index in [2.05, 4.69) is 0 Å². The molecule has 1 rings (SSSR count). The van der Waals surface area contributed by atoms with E-state index in [4.69, 9.17) is 51.5 Å². The molecule has 0 amide bonds. The maximum Gasteiger partial charge on any atom is 0.304 e. The minimum Gasteiger partial charge on any atom is -0.481 e. The van der Waals surface area contributed by atoms with Crippen LogP contribution in [-0.4, -0.2) is 11.1 Å². The molecule has 0 aliphatic heterocycles. The van der Waals surface area contributed by atoms with Gasteiger partial charge in [-0.25, -0.2) is 0 Å². The van der Waals surface area contributed by atoms with Gasteiger partial charge in [0.1, 0.15) is 0 Å². The number of rotatable bonds is 3. The summed E-state index contributed by atoms with van der Waals surface area (Å²) in [6, 6.07) is 1.47. The van der Waals surface area contributed by atoms with Gasteiger partial charge in [0.15, 0.2) is 0 Å². The number of carboxylic acid groups (broad SMARTS) is 1. The van der Waals surface area contributed by atoms with Gasteiger partial charge in [-0.15, -0.1) is 0 Å². The average Bonchev–Trinajstić information content (AvgIpc) is 2.11. The number of carboxylic acids is 1. The van der Waals surface area contributed by atoms with Crippen LogP contribution in [-0.2, 0) is 10.2 Å². The van der Waals surface area contributed by atoms with Crippen molar-refractivity contribution in [1.82, 2.24) is 0 Å². The van der Waals surface area contributed by atoms with E-state index in [-0.39, 0.29) is 21.5 Å². The zero-order valence-corrected chi connectivity index (χ0v) is 12.2. The second kappa shape index (κ2) is 5.23. The first-order valence-corrected chi connectivity index (χ1v) is 6.23. The molecular formula is C11H10Cl4O2. The van der Waals surface area contributed by atoms with Gasteiger partial charge >= 0.3 is 5.97 Å². The number of hydrogen-bond acceptors (Lipinski definition) is 1. The highest BCUT2D eigenvalue weighted by molar-refractivity contribution is 6.49. The van der Waals surface area contributed by atoms with Crippen LogP contribution < -0.4 is 0 Å². The number of carbonyl (C=O) groups is 1. The van der Waals surface area contributed by atoms with Crippen molar-refractivity contribution in [1.29, 1.82) is 0 Å². The van der Waals surface area contributed by atoms with Crippen molar-refractivity contribution in [3.05, 3.63) is 31.7 Å². The molecule has 0 aliphatic rings. The molecule has 0 saturated heterocycles. The van der Waals surface area contributed by atoms with E-state index >= 15 is 0 Å². The van der Waals surface area contributed by atoms with Crippen molar-refractivity contribution in [3.63, 3.8) is 0 Å². The smallest absolute Gasteiger partial charge is 0.304 e. The quantitative estimate of drug-likeness (QED) is 0.626. The topological polar surface area (TPSA) is 37.3 Å². The lowest BCUT2D eigenvalue weighted by Gasteiger charge is -2.26. The summed E-state index contributed by atoms with van der Waals surface area (Å²) in [6.07, 6.45) is -0.107. The molecule has 0 radical (unpaired) electrons. The van der Waals surface area contributed by atoms with Gasteiger partial charge in [-0.05, 0) is 11.6 Å².